The van der Waals surface area contributed by atoms with Crippen LogP contribution in [0.25, 0.3) is 0 Å². The van der Waals surface area contributed by atoms with E-state index in [-0.39, 0.29) is 42.5 Å². The lowest BCUT2D eigenvalue weighted by atomic mass is 10.1. The van der Waals surface area contributed by atoms with Crippen molar-refractivity contribution in [1.82, 2.24) is 5.01 Å². The molecule has 0 unspecified atom stereocenters. The number of nitrogens with zero attached hydrogens (tertiary/aromatic N) is 2. The number of furan rings is 1. The highest BCUT2D eigenvalue weighted by Gasteiger charge is 2.35. The number of anilines is 2. The molecular weight excluding hydrogens is 465 g/mol. The molecule has 1 aromatic heterocycles. The largest absolute Gasteiger partial charge is 0.459 e. The van der Waals surface area contributed by atoms with E-state index in [1.54, 1.807) is 24.3 Å². The summed E-state index contributed by atoms with van der Waals surface area (Å²) >= 11 is 0. The predicted molar refractivity (Wildman–Crippen MR) is 120 cm³/mol. The lowest BCUT2D eigenvalue weighted by molar-refractivity contribution is -0.137. The number of halogens is 3. The van der Waals surface area contributed by atoms with Crippen molar-refractivity contribution >= 4 is 34.8 Å². The van der Waals surface area contributed by atoms with Crippen LogP contribution in [0.2, 0.25) is 0 Å². The summed E-state index contributed by atoms with van der Waals surface area (Å²) in [5.74, 6) is -1.94. The van der Waals surface area contributed by atoms with E-state index in [4.69, 9.17) is 4.42 Å². The Balaban J connectivity index is 1.53. The Bertz CT molecular complexity index is 1270. The van der Waals surface area contributed by atoms with Crippen molar-refractivity contribution in [3.8, 4) is 0 Å². The van der Waals surface area contributed by atoms with Gasteiger partial charge in [-0.15, -0.1) is 0 Å². The Labute approximate surface area is 197 Å². The molecule has 0 atom stereocenters. The molecule has 0 saturated carbocycles. The number of rotatable bonds is 6. The van der Waals surface area contributed by atoms with Crippen LogP contribution < -0.4 is 10.6 Å². The van der Waals surface area contributed by atoms with Crippen molar-refractivity contribution in [2.24, 2.45) is 5.10 Å². The smallest absolute Gasteiger partial charge is 0.418 e. The maximum Gasteiger partial charge on any atom is 0.418 e. The molecule has 0 radical (unpaired) electrons. The molecule has 0 bridgehead atoms. The van der Waals surface area contributed by atoms with Gasteiger partial charge in [0, 0.05) is 18.5 Å². The van der Waals surface area contributed by atoms with E-state index in [2.05, 4.69) is 15.7 Å². The van der Waals surface area contributed by atoms with Crippen LogP contribution in [0.15, 0.2) is 76.4 Å². The molecule has 0 aliphatic carbocycles. The summed E-state index contributed by atoms with van der Waals surface area (Å²) in [6.45, 7) is 0.133. The molecule has 11 heteroatoms. The number of benzene rings is 2. The predicted octanol–water partition coefficient (Wildman–Crippen LogP) is 4.67. The van der Waals surface area contributed by atoms with E-state index in [1.807, 2.05) is 6.07 Å². The molecule has 35 heavy (non-hydrogen) atoms. The molecule has 1 aliphatic rings. The minimum atomic E-state index is -4.82. The van der Waals surface area contributed by atoms with Gasteiger partial charge in [0.05, 0.1) is 24.1 Å². The Morgan fingerprint density at radius 1 is 0.971 bits per heavy atom. The Morgan fingerprint density at radius 2 is 1.74 bits per heavy atom. The van der Waals surface area contributed by atoms with Crippen LogP contribution in [-0.2, 0) is 22.3 Å². The van der Waals surface area contributed by atoms with Crippen LogP contribution in [0.1, 0.15) is 34.5 Å². The lowest BCUT2D eigenvalue weighted by Gasteiger charge is -2.23. The summed E-state index contributed by atoms with van der Waals surface area (Å²) in [7, 11) is 0. The van der Waals surface area contributed by atoms with Crippen molar-refractivity contribution in [2.75, 3.05) is 10.6 Å². The fourth-order valence-corrected chi connectivity index (χ4v) is 3.41. The van der Waals surface area contributed by atoms with Crippen molar-refractivity contribution < 1.29 is 32.0 Å². The second-order valence-corrected chi connectivity index (χ2v) is 7.63. The zero-order chi connectivity index (χ0) is 25.0. The zero-order valence-corrected chi connectivity index (χ0v) is 18.1. The molecule has 3 amide bonds. The van der Waals surface area contributed by atoms with Crippen molar-refractivity contribution in [3.05, 3.63) is 83.8 Å². The minimum absolute atomic E-state index is 0.00294. The van der Waals surface area contributed by atoms with Gasteiger partial charge in [-0.1, -0.05) is 30.3 Å². The van der Waals surface area contributed by atoms with Crippen LogP contribution in [0.4, 0.5) is 24.5 Å². The van der Waals surface area contributed by atoms with Crippen molar-refractivity contribution in [3.63, 3.8) is 0 Å². The second-order valence-electron chi connectivity index (χ2n) is 7.63. The summed E-state index contributed by atoms with van der Waals surface area (Å²) in [4.78, 5) is 37.0. The monoisotopic (exact) mass is 484 g/mol. The van der Waals surface area contributed by atoms with E-state index < -0.39 is 29.2 Å². The molecule has 1 aliphatic heterocycles. The quantitative estimate of drug-likeness (QED) is 0.531. The average molecular weight is 484 g/mol. The molecule has 2 aromatic carbocycles. The summed E-state index contributed by atoms with van der Waals surface area (Å²) in [5, 5.41) is 9.76. The molecule has 2 heterocycles. The van der Waals surface area contributed by atoms with Gasteiger partial charge in [-0.25, -0.2) is 5.01 Å². The Morgan fingerprint density at radius 3 is 2.43 bits per heavy atom. The second kappa shape index (κ2) is 9.84. The number of hydrazone groups is 1. The summed E-state index contributed by atoms with van der Waals surface area (Å²) in [5.41, 5.74) is -1.07. The molecule has 4 rings (SSSR count). The highest BCUT2D eigenvalue weighted by Crippen LogP contribution is 2.37. The van der Waals surface area contributed by atoms with Crippen LogP contribution >= 0.6 is 0 Å². The van der Waals surface area contributed by atoms with Crippen LogP contribution in [0, 0.1) is 0 Å². The minimum Gasteiger partial charge on any atom is -0.459 e. The first-order chi connectivity index (χ1) is 16.7. The molecule has 0 saturated heterocycles. The van der Waals surface area contributed by atoms with Crippen LogP contribution in [0.3, 0.4) is 0 Å². The topological polar surface area (TPSA) is 104 Å². The van der Waals surface area contributed by atoms with Crippen LogP contribution in [-0.4, -0.2) is 28.4 Å². The number of alkyl halides is 3. The van der Waals surface area contributed by atoms with Gasteiger partial charge < -0.3 is 15.1 Å². The molecular formula is C24H19F3N4O4. The van der Waals surface area contributed by atoms with Gasteiger partial charge in [-0.3, -0.25) is 14.4 Å². The number of nitrogens with one attached hydrogen (secondary N) is 2. The van der Waals surface area contributed by atoms with Crippen molar-refractivity contribution in [1.29, 1.82) is 0 Å². The van der Waals surface area contributed by atoms with Gasteiger partial charge in [0.15, 0.2) is 5.76 Å². The number of hydrogen-bond donors (Lipinski definition) is 2. The first-order valence-electron chi connectivity index (χ1n) is 10.5. The molecule has 8 nitrogen and oxygen atoms in total. The fourth-order valence-electron chi connectivity index (χ4n) is 3.41. The van der Waals surface area contributed by atoms with E-state index in [9.17, 15) is 27.6 Å². The third kappa shape index (κ3) is 5.75. The van der Waals surface area contributed by atoms with Crippen LogP contribution in [0.5, 0.6) is 0 Å². The van der Waals surface area contributed by atoms with Gasteiger partial charge in [0.1, 0.15) is 5.71 Å². The van der Waals surface area contributed by atoms with Gasteiger partial charge in [-0.05, 0) is 35.9 Å². The fraction of sp³-hybridized carbons (Fsp3) is 0.167. The Kier molecular flexibility index (Phi) is 6.67. The van der Waals surface area contributed by atoms with Gasteiger partial charge in [0.25, 0.3) is 11.8 Å². The molecule has 0 spiro atoms. The maximum atomic E-state index is 13.7. The third-order valence-electron chi connectivity index (χ3n) is 5.12. The highest BCUT2D eigenvalue weighted by molar-refractivity contribution is 6.43. The zero-order valence-electron chi connectivity index (χ0n) is 18.1. The third-order valence-corrected chi connectivity index (χ3v) is 5.12. The first kappa shape index (κ1) is 23.7. The van der Waals surface area contributed by atoms with Gasteiger partial charge in [-0.2, -0.15) is 18.3 Å². The molecule has 3 aromatic rings. The molecule has 0 fully saturated rings. The number of carbonyl (C=O) groups is 3. The maximum absolute atomic E-state index is 13.7. The van der Waals surface area contributed by atoms with E-state index in [0.717, 1.165) is 16.6 Å². The Hall–Kier alpha value is -4.41. The lowest BCUT2D eigenvalue weighted by Crippen LogP contribution is -2.36. The highest BCUT2D eigenvalue weighted by atomic mass is 19.4. The molecule has 180 valence electrons. The van der Waals surface area contributed by atoms with E-state index in [1.165, 1.54) is 24.5 Å². The number of amides is 3. The van der Waals surface area contributed by atoms with Crippen molar-refractivity contribution in [2.45, 2.75) is 25.6 Å². The SMILES string of the molecule is O=C(Nc1ccc(NC(=O)c2ccco2)cc1C(F)(F)F)C1=NN(Cc2ccccc2)C(=O)CC1. The summed E-state index contributed by atoms with van der Waals surface area (Å²) in [6, 6.07) is 14.8. The summed E-state index contributed by atoms with van der Waals surface area (Å²) < 4.78 is 46.1. The van der Waals surface area contributed by atoms with Gasteiger partial charge in [0.2, 0.25) is 5.91 Å². The summed E-state index contributed by atoms with van der Waals surface area (Å²) in [6.07, 6.45) is -3.56. The standard InChI is InChI=1S/C24H19F3N4O4/c25-24(26,27)17-13-16(28-23(34)20-7-4-12-35-20)8-9-18(17)29-22(33)19-10-11-21(32)31(30-19)14-15-5-2-1-3-6-15/h1-9,12-13H,10-11,14H2,(H,28,34)(H,29,33). The van der Waals surface area contributed by atoms with E-state index in [0.29, 0.717) is 6.07 Å². The number of carbonyl (C=O) groups excluding carboxylic acids is 3. The average Bonchev–Trinajstić information content (AvgIpc) is 3.37. The number of hydrogen-bond acceptors (Lipinski definition) is 5. The van der Waals surface area contributed by atoms with E-state index >= 15 is 0 Å². The first-order valence-corrected chi connectivity index (χ1v) is 10.5. The normalized spacial score (nSPS) is 13.9. The van der Waals surface area contributed by atoms with Gasteiger partial charge >= 0.3 is 6.18 Å². The molecule has 2 N–H and O–H groups in total.